The van der Waals surface area contributed by atoms with Crippen LogP contribution in [-0.2, 0) is 19.8 Å². The van der Waals surface area contributed by atoms with Crippen LogP contribution in [-0.4, -0.2) is 44.4 Å². The van der Waals surface area contributed by atoms with E-state index in [2.05, 4.69) is 15.2 Å². The molecule has 0 spiro atoms. The van der Waals surface area contributed by atoms with Crippen LogP contribution in [0.15, 0.2) is 41.6 Å². The first-order valence-electron chi connectivity index (χ1n) is 9.94. The van der Waals surface area contributed by atoms with Gasteiger partial charge in [-0.2, -0.15) is 12.7 Å². The molecule has 2 saturated heterocycles. The maximum absolute atomic E-state index is 14.6. The van der Waals surface area contributed by atoms with Crippen LogP contribution < -0.4 is 10.0 Å². The number of hydrogen-bond donors (Lipinski definition) is 2. The Morgan fingerprint density at radius 1 is 1.19 bits per heavy atom. The summed E-state index contributed by atoms with van der Waals surface area (Å²) in [6, 6.07) is 8.43. The van der Waals surface area contributed by atoms with Gasteiger partial charge in [-0.25, -0.2) is 8.78 Å². The maximum Gasteiger partial charge on any atom is 0.302 e. The molecule has 32 heavy (non-hydrogen) atoms. The number of oxime groups is 1. The number of rotatable bonds is 7. The number of para-hydroxylation sites is 1. The highest BCUT2D eigenvalue weighted by molar-refractivity contribution is 7.90. The summed E-state index contributed by atoms with van der Waals surface area (Å²) in [6.45, 7) is 0.789. The molecular weight excluding hydrogens is 466 g/mol. The van der Waals surface area contributed by atoms with E-state index in [0.717, 1.165) is 29.3 Å². The second kappa shape index (κ2) is 9.57. The lowest BCUT2D eigenvalue weighted by molar-refractivity contribution is -0.110. The summed E-state index contributed by atoms with van der Waals surface area (Å²) in [5, 5.41) is 6.94. The van der Waals surface area contributed by atoms with E-state index in [4.69, 9.17) is 21.2 Å². The molecule has 0 radical (unpaired) electrons. The first kappa shape index (κ1) is 22.7. The minimum atomic E-state index is -4.08. The van der Waals surface area contributed by atoms with Crippen LogP contribution in [0.1, 0.15) is 19.3 Å². The Balaban J connectivity index is 1.51. The lowest BCUT2D eigenvalue weighted by Gasteiger charge is -2.20. The standard InChI is InChI=1S/C20H21ClF2N4O4S/c21-14-4-1-2-5-16(14)24-20-17(8-7-15(22)19(20)23)26-32(28,29)27-10-9-13(12-27)25-31-18-6-3-11-30-18/h1-2,4-5,7-8,18,24,26H,3,6,9-12H2/b25-13+. The van der Waals surface area contributed by atoms with Gasteiger partial charge < -0.3 is 14.9 Å². The van der Waals surface area contributed by atoms with Gasteiger partial charge in [-0.1, -0.05) is 28.9 Å². The number of nitrogens with zero attached hydrogens (tertiary/aromatic N) is 2. The van der Waals surface area contributed by atoms with Gasteiger partial charge in [0.05, 0.1) is 35.3 Å². The number of ether oxygens (including phenoxy) is 1. The number of benzene rings is 2. The first-order valence-corrected chi connectivity index (χ1v) is 11.8. The van der Waals surface area contributed by atoms with Gasteiger partial charge in [0.1, 0.15) is 5.69 Å². The zero-order valence-electron chi connectivity index (χ0n) is 16.9. The predicted molar refractivity (Wildman–Crippen MR) is 117 cm³/mol. The van der Waals surface area contributed by atoms with Crippen molar-refractivity contribution in [1.82, 2.24) is 4.31 Å². The van der Waals surface area contributed by atoms with E-state index in [9.17, 15) is 17.2 Å². The highest BCUT2D eigenvalue weighted by Crippen LogP contribution is 2.34. The zero-order chi connectivity index (χ0) is 22.7. The van der Waals surface area contributed by atoms with Gasteiger partial charge in [-0.3, -0.25) is 4.72 Å². The topological polar surface area (TPSA) is 92.3 Å². The van der Waals surface area contributed by atoms with E-state index in [-0.39, 0.29) is 29.5 Å². The van der Waals surface area contributed by atoms with Crippen LogP contribution in [0.3, 0.4) is 0 Å². The minimum absolute atomic E-state index is 0.0129. The smallest absolute Gasteiger partial charge is 0.302 e. The molecule has 4 rings (SSSR count). The van der Waals surface area contributed by atoms with E-state index in [1.165, 1.54) is 0 Å². The van der Waals surface area contributed by atoms with Gasteiger partial charge in [-0.15, -0.1) is 0 Å². The van der Waals surface area contributed by atoms with Gasteiger partial charge in [0.25, 0.3) is 0 Å². The molecule has 1 atom stereocenters. The molecule has 8 nitrogen and oxygen atoms in total. The minimum Gasteiger partial charge on any atom is -0.364 e. The van der Waals surface area contributed by atoms with Crippen LogP contribution in [0.5, 0.6) is 0 Å². The largest absolute Gasteiger partial charge is 0.364 e. The molecule has 2 aliphatic heterocycles. The summed E-state index contributed by atoms with van der Waals surface area (Å²) in [5.41, 5.74) is 0.299. The quantitative estimate of drug-likeness (QED) is 0.571. The molecule has 2 fully saturated rings. The molecule has 1 unspecified atom stereocenters. The van der Waals surface area contributed by atoms with Gasteiger partial charge in [0, 0.05) is 19.4 Å². The monoisotopic (exact) mass is 486 g/mol. The van der Waals surface area contributed by atoms with Crippen LogP contribution in [0.25, 0.3) is 0 Å². The molecule has 12 heteroatoms. The Morgan fingerprint density at radius 2 is 2.00 bits per heavy atom. The summed E-state index contributed by atoms with van der Waals surface area (Å²) in [4.78, 5) is 5.30. The van der Waals surface area contributed by atoms with Gasteiger partial charge >= 0.3 is 10.2 Å². The van der Waals surface area contributed by atoms with Gasteiger partial charge in [0.15, 0.2) is 11.6 Å². The molecule has 2 aromatic carbocycles. The Bertz CT molecular complexity index is 1130. The molecule has 0 aliphatic carbocycles. The highest BCUT2D eigenvalue weighted by atomic mass is 35.5. The van der Waals surface area contributed by atoms with Crippen molar-refractivity contribution < 1.29 is 26.8 Å². The molecule has 2 aromatic rings. The molecule has 0 amide bonds. The molecular formula is C20H21ClF2N4O4S. The molecule has 2 heterocycles. The lowest BCUT2D eigenvalue weighted by Crippen LogP contribution is -2.34. The number of anilines is 3. The van der Waals surface area contributed by atoms with E-state index in [1.807, 2.05) is 0 Å². The Hall–Kier alpha value is -2.47. The molecule has 0 saturated carbocycles. The SMILES string of the molecule is O=S(=O)(Nc1ccc(F)c(F)c1Nc1ccccc1Cl)N1CC/C(=N\OC2CCCO2)C1. The third kappa shape index (κ3) is 5.12. The van der Waals surface area contributed by atoms with Crippen molar-refractivity contribution in [3.8, 4) is 0 Å². The first-order chi connectivity index (χ1) is 15.3. The third-order valence-electron chi connectivity index (χ3n) is 5.00. The number of hydrogen-bond acceptors (Lipinski definition) is 6. The molecule has 172 valence electrons. The average Bonchev–Trinajstić information content (AvgIpc) is 3.45. The Labute approximate surface area is 189 Å². The zero-order valence-corrected chi connectivity index (χ0v) is 18.4. The second-order valence-corrected chi connectivity index (χ2v) is 9.36. The van der Waals surface area contributed by atoms with Crippen molar-refractivity contribution in [2.45, 2.75) is 25.6 Å². The summed E-state index contributed by atoms with van der Waals surface area (Å²) in [7, 11) is -4.08. The van der Waals surface area contributed by atoms with Crippen molar-refractivity contribution in [3.05, 3.63) is 53.1 Å². The second-order valence-electron chi connectivity index (χ2n) is 7.28. The molecule has 2 N–H and O–H groups in total. The summed E-state index contributed by atoms with van der Waals surface area (Å²) >= 11 is 6.09. The molecule has 0 aromatic heterocycles. The number of nitrogens with one attached hydrogen (secondary N) is 2. The summed E-state index contributed by atoms with van der Waals surface area (Å²) < 4.78 is 63.0. The van der Waals surface area contributed by atoms with E-state index < -0.39 is 28.1 Å². The Kier molecular flexibility index (Phi) is 6.79. The maximum atomic E-state index is 14.6. The van der Waals surface area contributed by atoms with Crippen molar-refractivity contribution in [3.63, 3.8) is 0 Å². The van der Waals surface area contributed by atoms with Crippen LogP contribution >= 0.6 is 11.6 Å². The molecule has 2 aliphatic rings. The summed E-state index contributed by atoms with van der Waals surface area (Å²) in [5.74, 6) is -2.37. The fourth-order valence-corrected chi connectivity index (χ4v) is 4.73. The number of halogens is 3. The van der Waals surface area contributed by atoms with E-state index in [0.29, 0.717) is 24.4 Å². The van der Waals surface area contributed by atoms with Gasteiger partial charge in [0.2, 0.25) is 6.29 Å². The van der Waals surface area contributed by atoms with Crippen LogP contribution in [0.4, 0.5) is 25.8 Å². The van der Waals surface area contributed by atoms with E-state index >= 15 is 0 Å². The van der Waals surface area contributed by atoms with Crippen LogP contribution in [0.2, 0.25) is 5.02 Å². The fraction of sp³-hybridized carbons (Fsp3) is 0.350. The predicted octanol–water partition coefficient (Wildman–Crippen LogP) is 4.23. The summed E-state index contributed by atoms with van der Waals surface area (Å²) in [6.07, 6.45) is 1.60. The average molecular weight is 487 g/mol. The highest BCUT2D eigenvalue weighted by Gasteiger charge is 2.31. The van der Waals surface area contributed by atoms with Crippen molar-refractivity contribution in [2.24, 2.45) is 5.16 Å². The lowest BCUT2D eigenvalue weighted by atomic mass is 10.2. The van der Waals surface area contributed by atoms with Crippen molar-refractivity contribution >= 4 is 44.6 Å². The fourth-order valence-electron chi connectivity index (χ4n) is 3.32. The Morgan fingerprint density at radius 3 is 2.75 bits per heavy atom. The van der Waals surface area contributed by atoms with Gasteiger partial charge in [-0.05, 0) is 30.7 Å². The van der Waals surface area contributed by atoms with Crippen LogP contribution in [0, 0.1) is 11.6 Å². The normalized spacial score (nSPS) is 20.6. The van der Waals surface area contributed by atoms with Crippen molar-refractivity contribution in [2.75, 3.05) is 29.7 Å². The molecule has 0 bridgehead atoms. The van der Waals surface area contributed by atoms with Crippen molar-refractivity contribution in [1.29, 1.82) is 0 Å². The van der Waals surface area contributed by atoms with E-state index in [1.54, 1.807) is 24.3 Å². The third-order valence-corrected chi connectivity index (χ3v) is 6.80.